The van der Waals surface area contributed by atoms with E-state index in [4.69, 9.17) is 4.74 Å². The summed E-state index contributed by atoms with van der Waals surface area (Å²) in [5, 5.41) is 21.5. The molecule has 2 unspecified atom stereocenters. The van der Waals surface area contributed by atoms with Crippen molar-refractivity contribution in [1.29, 1.82) is 0 Å². The van der Waals surface area contributed by atoms with Crippen LogP contribution in [0.1, 0.15) is 66.4 Å². The van der Waals surface area contributed by atoms with E-state index in [2.05, 4.69) is 25.5 Å². The molecule has 0 radical (unpaired) electrons. The van der Waals surface area contributed by atoms with Gasteiger partial charge in [0.15, 0.2) is 5.78 Å². The molecule has 0 saturated carbocycles. The predicted octanol–water partition coefficient (Wildman–Crippen LogP) is 0.299. The van der Waals surface area contributed by atoms with Gasteiger partial charge in [0.25, 0.3) is 10.1 Å². The number of aliphatic hydroxyl groups is 1. The van der Waals surface area contributed by atoms with Crippen LogP contribution in [-0.4, -0.2) is 123 Å². The molecule has 15 nitrogen and oxygen atoms in total. The van der Waals surface area contributed by atoms with E-state index in [1.165, 1.54) is 6.92 Å². The van der Waals surface area contributed by atoms with Gasteiger partial charge in [0.1, 0.15) is 30.3 Å². The smallest absolute Gasteiger partial charge is 0.264 e. The number of nitrogens with zero attached hydrogens (tertiary/aromatic N) is 1. The van der Waals surface area contributed by atoms with Crippen molar-refractivity contribution in [2.45, 2.75) is 97.0 Å². The second-order valence-electron chi connectivity index (χ2n) is 14.2. The normalized spacial score (nSPS) is 17.5. The first kappa shape index (κ1) is 43.7. The second-order valence-corrected chi connectivity index (χ2v) is 15.9. The van der Waals surface area contributed by atoms with Crippen molar-refractivity contribution < 1.29 is 46.4 Å². The maximum atomic E-state index is 13.7. The quantitative estimate of drug-likeness (QED) is 0.108. The highest BCUT2D eigenvalue weighted by molar-refractivity contribution is 7.86. The number of benzene rings is 1. The molecule has 5 atom stereocenters. The molecule has 1 heterocycles. The van der Waals surface area contributed by atoms with Gasteiger partial charge in [-0.3, -0.25) is 33.1 Å². The lowest BCUT2D eigenvalue weighted by Gasteiger charge is -2.29. The molecule has 0 aliphatic carbocycles. The molecule has 1 aromatic carbocycles. The lowest BCUT2D eigenvalue weighted by Crippen LogP contribution is -2.59. The third-order valence-corrected chi connectivity index (χ3v) is 8.75. The Bertz CT molecular complexity index is 1410. The largest absolute Gasteiger partial charge is 0.380 e. The molecule has 16 heteroatoms. The Labute approximate surface area is 302 Å². The van der Waals surface area contributed by atoms with Crippen molar-refractivity contribution in [2.75, 3.05) is 45.7 Å². The van der Waals surface area contributed by atoms with Gasteiger partial charge in [-0.15, -0.1) is 0 Å². The minimum atomic E-state index is -3.95. The van der Waals surface area contributed by atoms with Crippen molar-refractivity contribution in [3.63, 3.8) is 0 Å². The van der Waals surface area contributed by atoms with Gasteiger partial charge in [-0.1, -0.05) is 58.0 Å². The molecule has 1 aliphatic heterocycles. The van der Waals surface area contributed by atoms with Gasteiger partial charge < -0.3 is 31.1 Å². The highest BCUT2D eigenvalue weighted by atomic mass is 32.2. The van der Waals surface area contributed by atoms with Crippen LogP contribution < -0.4 is 21.3 Å². The topological polar surface area (TPSA) is 210 Å². The molecular formula is C35H57N5O10S. The molecule has 1 saturated heterocycles. The fourth-order valence-corrected chi connectivity index (χ4v) is 5.89. The molecule has 0 spiro atoms. The second kappa shape index (κ2) is 20.6. The van der Waals surface area contributed by atoms with Gasteiger partial charge in [0.2, 0.25) is 23.6 Å². The number of hydrogen-bond acceptors (Lipinski definition) is 11. The summed E-state index contributed by atoms with van der Waals surface area (Å²) in [6, 6.07) is 5.15. The molecule has 1 aromatic rings. The summed E-state index contributed by atoms with van der Waals surface area (Å²) < 4.78 is 32.9. The molecule has 51 heavy (non-hydrogen) atoms. The summed E-state index contributed by atoms with van der Waals surface area (Å²) in [4.78, 5) is 68.7. The van der Waals surface area contributed by atoms with Gasteiger partial charge in [-0.05, 0) is 56.9 Å². The maximum Gasteiger partial charge on any atom is 0.264 e. The molecule has 0 aromatic heterocycles. The molecule has 1 aliphatic rings. The summed E-state index contributed by atoms with van der Waals surface area (Å²) in [7, 11) is -3.95. The van der Waals surface area contributed by atoms with E-state index in [9.17, 15) is 37.5 Å². The number of hydrogen-bond donors (Lipinski definition) is 5. The number of rotatable bonds is 21. The molecular weight excluding hydrogens is 682 g/mol. The Kier molecular flexibility index (Phi) is 17.6. The highest BCUT2D eigenvalue weighted by Crippen LogP contribution is 2.16. The van der Waals surface area contributed by atoms with Gasteiger partial charge >= 0.3 is 0 Å². The van der Waals surface area contributed by atoms with E-state index in [1.807, 2.05) is 49.1 Å². The molecule has 4 amide bonds. The molecule has 288 valence electrons. The Morgan fingerprint density at radius 1 is 0.843 bits per heavy atom. The number of ether oxygens (including phenoxy) is 1. The van der Waals surface area contributed by atoms with Crippen molar-refractivity contribution in [2.24, 2.45) is 11.8 Å². The van der Waals surface area contributed by atoms with E-state index in [-0.39, 0.29) is 43.6 Å². The number of amides is 4. The van der Waals surface area contributed by atoms with Gasteiger partial charge in [-0.2, -0.15) is 8.42 Å². The molecule has 0 bridgehead atoms. The number of Topliss-reactive ketones (excluding diaryl/α,β-unsaturated/α-hetero) is 1. The summed E-state index contributed by atoms with van der Waals surface area (Å²) in [6.45, 7) is 11.4. The third-order valence-electron chi connectivity index (χ3n) is 8.20. The van der Waals surface area contributed by atoms with Crippen molar-refractivity contribution in [3.05, 3.63) is 35.9 Å². The molecule has 2 rings (SSSR count). The zero-order valence-corrected chi connectivity index (χ0v) is 31.7. The third kappa shape index (κ3) is 16.6. The van der Waals surface area contributed by atoms with E-state index in [0.29, 0.717) is 32.7 Å². The van der Waals surface area contributed by atoms with Crippen LogP contribution >= 0.6 is 0 Å². The van der Waals surface area contributed by atoms with E-state index in [0.717, 1.165) is 18.7 Å². The average Bonchev–Trinajstić information content (AvgIpc) is 3.04. The first-order valence-corrected chi connectivity index (χ1v) is 19.2. The fourth-order valence-electron chi connectivity index (χ4n) is 5.45. The predicted molar refractivity (Wildman–Crippen MR) is 191 cm³/mol. The fraction of sp³-hybridized carbons (Fsp3) is 0.686. The van der Waals surface area contributed by atoms with Crippen molar-refractivity contribution in [3.8, 4) is 0 Å². The number of nitrogens with one attached hydrogen (secondary N) is 4. The number of aryl methyl sites for hydroxylation is 1. The van der Waals surface area contributed by atoms with Crippen LogP contribution in [0, 0.1) is 11.8 Å². The Hall–Kier alpha value is -3.44. The minimum Gasteiger partial charge on any atom is -0.380 e. The van der Waals surface area contributed by atoms with Crippen LogP contribution in [0.5, 0.6) is 0 Å². The summed E-state index contributed by atoms with van der Waals surface area (Å²) in [5.74, 6) is -3.23. The van der Waals surface area contributed by atoms with Gasteiger partial charge in [0.05, 0.1) is 32.1 Å². The van der Waals surface area contributed by atoms with Gasteiger partial charge in [0, 0.05) is 13.1 Å². The Morgan fingerprint density at radius 3 is 1.96 bits per heavy atom. The number of carbonyl (C=O) groups is 5. The van der Waals surface area contributed by atoms with Crippen LogP contribution in [0.2, 0.25) is 0 Å². The van der Waals surface area contributed by atoms with Crippen LogP contribution in [0.3, 0.4) is 0 Å². The summed E-state index contributed by atoms with van der Waals surface area (Å²) in [6.07, 6.45) is 1.92. The number of morpholine rings is 1. The van der Waals surface area contributed by atoms with Crippen molar-refractivity contribution in [1.82, 2.24) is 26.2 Å². The zero-order valence-electron chi connectivity index (χ0n) is 30.9. The van der Waals surface area contributed by atoms with E-state index >= 15 is 0 Å². The highest BCUT2D eigenvalue weighted by Gasteiger charge is 2.39. The monoisotopic (exact) mass is 739 g/mol. The summed E-state index contributed by atoms with van der Waals surface area (Å²) >= 11 is 0. The van der Waals surface area contributed by atoms with Crippen molar-refractivity contribution >= 4 is 39.5 Å². The maximum absolute atomic E-state index is 13.7. The van der Waals surface area contributed by atoms with Crippen LogP contribution in [0.25, 0.3) is 0 Å². The lowest BCUT2D eigenvalue weighted by molar-refractivity contribution is -0.143. The molecule has 1 fully saturated rings. The first-order valence-electron chi connectivity index (χ1n) is 17.4. The standard InChI is InChI=1S/C35H57N5O10S/c1-23(2)19-28(31(42)35(6,46)22-50-51(7,47)48)38-32(43)25(5)36-34(45)29(20-24(3)4)39-33(44)27(14-13-26-11-9-8-10-12-26)37-30(41)21-40-15-17-49-18-16-40/h8-12,23-25,27-29,46H,13-22H2,1-7H3,(H,36,45)(H,37,41)(H,38,43)(H,39,44)/t25-,27-,28?,29?,35+/m0/s1. The Morgan fingerprint density at radius 2 is 1.39 bits per heavy atom. The SMILES string of the molecule is CC(C)CC(NC(=O)[C@H](CCc1ccccc1)NC(=O)CN1CCOCC1)C(=O)N[C@@H](C)C(=O)NC(CC(C)C)C(=O)[C@](C)(O)COS(C)(=O)=O. The van der Waals surface area contributed by atoms with E-state index in [1.54, 1.807) is 13.8 Å². The zero-order chi connectivity index (χ0) is 38.4. The number of carbonyl (C=O) groups excluding carboxylic acids is 5. The van der Waals surface area contributed by atoms with Crippen LogP contribution in [0.4, 0.5) is 0 Å². The molecule has 5 N–H and O–H groups in total. The minimum absolute atomic E-state index is 0.0340. The Balaban J connectivity index is 2.16. The van der Waals surface area contributed by atoms with Crippen LogP contribution in [0.15, 0.2) is 30.3 Å². The van der Waals surface area contributed by atoms with E-state index < -0.39 is 70.0 Å². The average molecular weight is 740 g/mol. The number of ketones is 1. The first-order chi connectivity index (χ1) is 23.8. The lowest BCUT2D eigenvalue weighted by atomic mass is 9.90. The van der Waals surface area contributed by atoms with Gasteiger partial charge in [-0.25, -0.2) is 0 Å². The summed E-state index contributed by atoms with van der Waals surface area (Å²) in [5.41, 5.74) is -1.25. The van der Waals surface area contributed by atoms with Crippen LogP contribution in [-0.2, 0) is 49.4 Å².